The molecule has 0 atom stereocenters. The molecule has 0 saturated carbocycles. The molecule has 1 aromatic heterocycles. The summed E-state index contributed by atoms with van der Waals surface area (Å²) in [5.74, 6) is -0.858. The smallest absolute Gasteiger partial charge is 0.339 e. The largest absolute Gasteiger partial charge is 0.452 e. The maximum Gasteiger partial charge on any atom is 0.339 e. The molecule has 0 saturated heterocycles. The molecule has 1 heterocycles. The average Bonchev–Trinajstić information content (AvgIpc) is 3.17. The fourth-order valence-electron chi connectivity index (χ4n) is 3.82. The van der Waals surface area contributed by atoms with Gasteiger partial charge in [-0.15, -0.1) is 6.58 Å². The van der Waals surface area contributed by atoms with Crippen LogP contribution in [0.4, 0.5) is 0 Å². The molecule has 0 spiro atoms. The van der Waals surface area contributed by atoms with Crippen LogP contribution in [0.25, 0.3) is 22.6 Å². The van der Waals surface area contributed by atoms with Gasteiger partial charge >= 0.3 is 5.97 Å². The molecule has 5 nitrogen and oxygen atoms in total. The van der Waals surface area contributed by atoms with Gasteiger partial charge in [0.05, 0.1) is 16.8 Å². The van der Waals surface area contributed by atoms with Gasteiger partial charge in [-0.3, -0.25) is 4.79 Å². The lowest BCUT2D eigenvalue weighted by Gasteiger charge is -2.12. The van der Waals surface area contributed by atoms with Crippen molar-refractivity contribution in [1.29, 1.82) is 0 Å². The molecule has 1 N–H and O–H groups in total. The Morgan fingerprint density at radius 1 is 1.13 bits per heavy atom. The third-order valence-electron chi connectivity index (χ3n) is 5.34. The van der Waals surface area contributed by atoms with Gasteiger partial charge in [-0.2, -0.15) is 0 Å². The van der Waals surface area contributed by atoms with E-state index in [2.05, 4.69) is 49.2 Å². The summed E-state index contributed by atoms with van der Waals surface area (Å²) < 4.78 is 5.35. The number of amides is 1. The van der Waals surface area contributed by atoms with Crippen LogP contribution in [0.5, 0.6) is 0 Å². The van der Waals surface area contributed by atoms with E-state index in [1.165, 1.54) is 5.56 Å². The monoisotopic (exact) mass is 412 g/mol. The topological polar surface area (TPSA) is 68.3 Å². The molecule has 2 aromatic carbocycles. The van der Waals surface area contributed by atoms with Gasteiger partial charge in [0.25, 0.3) is 5.91 Å². The number of ether oxygens (including phenoxy) is 1. The number of aryl methyl sites for hydroxylation is 1. The van der Waals surface area contributed by atoms with Crippen LogP contribution < -0.4 is 5.32 Å². The summed E-state index contributed by atoms with van der Waals surface area (Å²) in [7, 11) is 0. The molecular formula is C26H24N2O3. The first-order chi connectivity index (χ1) is 15.1. The van der Waals surface area contributed by atoms with Crippen molar-refractivity contribution in [3.8, 4) is 0 Å². The number of allylic oxidation sites excluding steroid dienone is 1. The summed E-state index contributed by atoms with van der Waals surface area (Å²) in [6.07, 6.45) is 5.21. The molecule has 1 amide bonds. The van der Waals surface area contributed by atoms with Crippen molar-refractivity contribution in [2.24, 2.45) is 0 Å². The van der Waals surface area contributed by atoms with E-state index in [9.17, 15) is 9.59 Å². The molecule has 4 rings (SSSR count). The Hall–Kier alpha value is -3.73. The Morgan fingerprint density at radius 3 is 2.68 bits per heavy atom. The summed E-state index contributed by atoms with van der Waals surface area (Å²) in [6, 6.07) is 15.9. The second kappa shape index (κ2) is 8.96. The minimum absolute atomic E-state index is 0.329. The van der Waals surface area contributed by atoms with Gasteiger partial charge in [0, 0.05) is 11.9 Å². The van der Waals surface area contributed by atoms with E-state index in [0.29, 0.717) is 18.5 Å². The Labute approximate surface area is 181 Å². The number of pyridine rings is 1. The minimum atomic E-state index is -0.500. The Balaban J connectivity index is 1.71. The van der Waals surface area contributed by atoms with E-state index in [0.717, 1.165) is 39.7 Å². The number of rotatable bonds is 6. The van der Waals surface area contributed by atoms with Crippen molar-refractivity contribution in [2.75, 3.05) is 13.2 Å². The number of carbonyl (C=O) groups is 2. The summed E-state index contributed by atoms with van der Waals surface area (Å²) in [5, 5.41) is 3.36. The number of esters is 1. The van der Waals surface area contributed by atoms with Gasteiger partial charge in [-0.1, -0.05) is 54.1 Å². The van der Waals surface area contributed by atoms with Crippen LogP contribution in [0.2, 0.25) is 0 Å². The highest BCUT2D eigenvalue weighted by Crippen LogP contribution is 2.37. The van der Waals surface area contributed by atoms with Gasteiger partial charge in [-0.05, 0) is 48.6 Å². The van der Waals surface area contributed by atoms with Crippen molar-refractivity contribution >= 4 is 34.4 Å². The van der Waals surface area contributed by atoms with E-state index in [4.69, 9.17) is 9.72 Å². The van der Waals surface area contributed by atoms with Gasteiger partial charge in [0.2, 0.25) is 0 Å². The third kappa shape index (κ3) is 4.40. The lowest BCUT2D eigenvalue weighted by Crippen LogP contribution is -2.29. The maximum atomic E-state index is 13.0. The van der Waals surface area contributed by atoms with E-state index < -0.39 is 5.97 Å². The molecule has 0 bridgehead atoms. The number of hydrogen-bond acceptors (Lipinski definition) is 4. The molecule has 5 heteroatoms. The lowest BCUT2D eigenvalue weighted by molar-refractivity contribution is -0.124. The highest BCUT2D eigenvalue weighted by atomic mass is 16.5. The molecule has 156 valence electrons. The zero-order valence-corrected chi connectivity index (χ0v) is 17.5. The first kappa shape index (κ1) is 20.5. The molecule has 0 radical (unpaired) electrons. The number of benzene rings is 2. The van der Waals surface area contributed by atoms with Crippen LogP contribution in [-0.2, 0) is 16.0 Å². The van der Waals surface area contributed by atoms with Crippen LogP contribution in [0.1, 0.15) is 39.2 Å². The Morgan fingerprint density at radius 2 is 1.90 bits per heavy atom. The minimum Gasteiger partial charge on any atom is -0.452 e. The summed E-state index contributed by atoms with van der Waals surface area (Å²) >= 11 is 0. The van der Waals surface area contributed by atoms with Crippen molar-refractivity contribution in [1.82, 2.24) is 10.3 Å². The predicted octanol–water partition coefficient (Wildman–Crippen LogP) is 4.49. The first-order valence-electron chi connectivity index (χ1n) is 10.3. The fraction of sp³-hybridized carbons (Fsp3) is 0.192. The Kier molecular flexibility index (Phi) is 5.94. The molecule has 0 unspecified atom stereocenters. The van der Waals surface area contributed by atoms with Crippen LogP contribution >= 0.6 is 0 Å². The molecule has 0 fully saturated rings. The lowest BCUT2D eigenvalue weighted by atomic mass is 10.0. The van der Waals surface area contributed by atoms with E-state index >= 15 is 0 Å². The van der Waals surface area contributed by atoms with Crippen LogP contribution in [0.3, 0.4) is 0 Å². The fourth-order valence-corrected chi connectivity index (χ4v) is 3.82. The first-order valence-corrected chi connectivity index (χ1v) is 10.3. The third-order valence-corrected chi connectivity index (χ3v) is 5.34. The number of aromatic nitrogens is 1. The molecule has 31 heavy (non-hydrogen) atoms. The summed E-state index contributed by atoms with van der Waals surface area (Å²) in [5.41, 5.74) is 6.37. The number of fused-ring (bicyclic) bond motifs is 2. The number of nitrogens with one attached hydrogen (secondary N) is 1. The highest BCUT2D eigenvalue weighted by molar-refractivity contribution is 6.07. The van der Waals surface area contributed by atoms with Gasteiger partial charge in [0.15, 0.2) is 6.61 Å². The van der Waals surface area contributed by atoms with E-state index in [-0.39, 0.29) is 12.5 Å². The molecule has 0 aliphatic heterocycles. The van der Waals surface area contributed by atoms with Crippen LogP contribution in [0.15, 0.2) is 61.2 Å². The van der Waals surface area contributed by atoms with Crippen molar-refractivity contribution in [3.63, 3.8) is 0 Å². The standard InChI is InChI=1S/C26H24N2O3/c1-3-14-27-23(29)16-31-26(30)24-20-6-4-5-7-22(20)28-25-19(12-13-21(24)25)15-18-10-8-17(2)9-11-18/h3-11,15H,1,12-14,16H2,2H3,(H,27,29)/b19-15+. The van der Waals surface area contributed by atoms with Crippen molar-refractivity contribution in [2.45, 2.75) is 19.8 Å². The SMILES string of the molecule is C=CCNC(=O)COC(=O)c1c2c(nc3ccccc13)/C(=C/c1ccc(C)cc1)CC2. The zero-order valence-electron chi connectivity index (χ0n) is 17.5. The van der Waals surface area contributed by atoms with Gasteiger partial charge < -0.3 is 10.1 Å². The van der Waals surface area contributed by atoms with E-state index in [1.54, 1.807) is 6.08 Å². The van der Waals surface area contributed by atoms with E-state index in [1.807, 2.05) is 24.3 Å². The van der Waals surface area contributed by atoms with Crippen LogP contribution in [-0.4, -0.2) is 30.0 Å². The highest BCUT2D eigenvalue weighted by Gasteiger charge is 2.27. The second-order valence-corrected chi connectivity index (χ2v) is 7.58. The average molecular weight is 412 g/mol. The molecular weight excluding hydrogens is 388 g/mol. The quantitative estimate of drug-likeness (QED) is 0.478. The number of nitrogens with zero attached hydrogens (tertiary/aromatic N) is 1. The van der Waals surface area contributed by atoms with Gasteiger partial charge in [-0.25, -0.2) is 9.78 Å². The second-order valence-electron chi connectivity index (χ2n) is 7.58. The summed E-state index contributed by atoms with van der Waals surface area (Å²) in [4.78, 5) is 29.7. The Bertz CT molecular complexity index is 1190. The summed E-state index contributed by atoms with van der Waals surface area (Å²) in [6.45, 7) is 5.62. The van der Waals surface area contributed by atoms with Crippen molar-refractivity contribution < 1.29 is 14.3 Å². The maximum absolute atomic E-state index is 13.0. The molecule has 1 aliphatic carbocycles. The van der Waals surface area contributed by atoms with Crippen LogP contribution in [0, 0.1) is 6.92 Å². The number of para-hydroxylation sites is 1. The molecule has 3 aromatic rings. The number of hydrogen-bond donors (Lipinski definition) is 1. The number of carbonyl (C=O) groups excluding carboxylic acids is 2. The molecule has 1 aliphatic rings. The predicted molar refractivity (Wildman–Crippen MR) is 123 cm³/mol. The zero-order chi connectivity index (χ0) is 21.8. The normalized spacial score (nSPS) is 13.8. The van der Waals surface area contributed by atoms with Gasteiger partial charge in [0.1, 0.15) is 0 Å². The van der Waals surface area contributed by atoms with Crippen molar-refractivity contribution in [3.05, 3.63) is 89.1 Å².